The van der Waals surface area contributed by atoms with Crippen molar-refractivity contribution in [1.29, 1.82) is 0 Å². The van der Waals surface area contributed by atoms with Crippen LogP contribution in [0.4, 0.5) is 10.5 Å². The quantitative estimate of drug-likeness (QED) is 0.884. The van der Waals surface area contributed by atoms with Crippen LogP contribution in [0.15, 0.2) is 24.8 Å². The van der Waals surface area contributed by atoms with Gasteiger partial charge in [0.25, 0.3) is 0 Å². The van der Waals surface area contributed by atoms with E-state index < -0.39 is 6.03 Å². The first kappa shape index (κ1) is 12.2. The number of ether oxygens (including phenoxy) is 1. The van der Waals surface area contributed by atoms with Crippen molar-refractivity contribution in [2.45, 2.75) is 6.42 Å². The number of anilines is 1. The number of hydrogen-bond donors (Lipinski definition) is 1. The van der Waals surface area contributed by atoms with E-state index in [0.29, 0.717) is 18.0 Å². The van der Waals surface area contributed by atoms with Gasteiger partial charge in [0.2, 0.25) is 5.91 Å². The smallest absolute Gasteiger partial charge is 0.328 e. The minimum absolute atomic E-state index is 0.255. The van der Waals surface area contributed by atoms with Crippen molar-refractivity contribution < 1.29 is 14.3 Å². The van der Waals surface area contributed by atoms with Gasteiger partial charge in [-0.25, -0.2) is 4.79 Å². The number of nitrogens with one attached hydrogen (secondary N) is 1. The maximum atomic E-state index is 11.8. The van der Waals surface area contributed by atoms with Gasteiger partial charge in [-0.3, -0.25) is 15.0 Å². The van der Waals surface area contributed by atoms with Crippen LogP contribution in [-0.2, 0) is 4.79 Å². The molecular formula is C13H14N2O3. The number of urea groups is 1. The van der Waals surface area contributed by atoms with Gasteiger partial charge in [-0.1, -0.05) is 18.7 Å². The third-order valence-electron chi connectivity index (χ3n) is 2.78. The fourth-order valence-corrected chi connectivity index (χ4v) is 1.84. The van der Waals surface area contributed by atoms with Gasteiger partial charge in [0.1, 0.15) is 5.75 Å². The Balaban J connectivity index is 2.39. The lowest BCUT2D eigenvalue weighted by atomic mass is 10.1. The standard InChI is InChI=1S/C13H14N2O3/c1-3-9-4-5-11(18-2)10(8-9)15-7-6-12(16)14-13(15)17/h3-5,8H,1,6-7H2,2H3,(H,14,16,17). The number of rotatable bonds is 3. The van der Waals surface area contributed by atoms with Gasteiger partial charge in [0.05, 0.1) is 12.8 Å². The molecule has 0 spiro atoms. The van der Waals surface area contributed by atoms with E-state index in [-0.39, 0.29) is 12.3 Å². The first-order valence-corrected chi connectivity index (χ1v) is 5.57. The van der Waals surface area contributed by atoms with Crippen LogP contribution in [0.1, 0.15) is 12.0 Å². The molecule has 1 N–H and O–H groups in total. The number of carbonyl (C=O) groups is 2. The van der Waals surface area contributed by atoms with Gasteiger partial charge >= 0.3 is 6.03 Å². The number of hydrogen-bond acceptors (Lipinski definition) is 3. The molecule has 0 saturated carbocycles. The lowest BCUT2D eigenvalue weighted by Gasteiger charge is -2.28. The highest BCUT2D eigenvalue weighted by atomic mass is 16.5. The maximum absolute atomic E-state index is 11.8. The lowest BCUT2D eigenvalue weighted by molar-refractivity contribution is -0.120. The largest absolute Gasteiger partial charge is 0.495 e. The third kappa shape index (κ3) is 2.20. The predicted octanol–water partition coefficient (Wildman–Crippen LogP) is 1.78. The predicted molar refractivity (Wildman–Crippen MR) is 68.6 cm³/mol. The number of benzene rings is 1. The van der Waals surface area contributed by atoms with Gasteiger partial charge in [0, 0.05) is 13.0 Å². The Bertz CT molecular complexity index is 511. The summed E-state index contributed by atoms with van der Waals surface area (Å²) in [5.74, 6) is 0.334. The molecule has 0 bridgehead atoms. The molecule has 1 heterocycles. The van der Waals surface area contributed by atoms with E-state index in [1.807, 2.05) is 6.07 Å². The van der Waals surface area contributed by atoms with E-state index in [9.17, 15) is 9.59 Å². The average Bonchev–Trinajstić information content (AvgIpc) is 2.38. The zero-order chi connectivity index (χ0) is 13.1. The minimum atomic E-state index is -0.425. The molecule has 1 aliphatic rings. The Morgan fingerprint density at radius 2 is 2.22 bits per heavy atom. The zero-order valence-electron chi connectivity index (χ0n) is 10.1. The van der Waals surface area contributed by atoms with Crippen molar-refractivity contribution in [3.8, 4) is 5.75 Å². The molecule has 1 aromatic rings. The van der Waals surface area contributed by atoms with Crippen molar-refractivity contribution in [3.05, 3.63) is 30.3 Å². The summed E-state index contributed by atoms with van der Waals surface area (Å²) in [5.41, 5.74) is 1.52. The molecule has 1 aromatic carbocycles. The van der Waals surface area contributed by atoms with E-state index in [0.717, 1.165) is 5.56 Å². The molecule has 0 unspecified atom stereocenters. The number of nitrogens with zero attached hydrogens (tertiary/aromatic N) is 1. The number of amides is 3. The van der Waals surface area contributed by atoms with E-state index in [2.05, 4.69) is 11.9 Å². The Morgan fingerprint density at radius 1 is 1.44 bits per heavy atom. The molecular weight excluding hydrogens is 232 g/mol. The minimum Gasteiger partial charge on any atom is -0.495 e. The second kappa shape index (κ2) is 4.91. The first-order valence-electron chi connectivity index (χ1n) is 5.57. The molecule has 0 radical (unpaired) electrons. The summed E-state index contributed by atoms with van der Waals surface area (Å²) in [5, 5.41) is 2.28. The zero-order valence-corrected chi connectivity index (χ0v) is 10.1. The second-order valence-electron chi connectivity index (χ2n) is 3.89. The number of imide groups is 1. The van der Waals surface area contributed by atoms with Crippen molar-refractivity contribution in [2.24, 2.45) is 0 Å². The Hall–Kier alpha value is -2.30. The summed E-state index contributed by atoms with van der Waals surface area (Å²) in [6.45, 7) is 4.04. The SMILES string of the molecule is C=Cc1ccc(OC)c(N2CCC(=O)NC2=O)c1. The fourth-order valence-electron chi connectivity index (χ4n) is 1.84. The highest BCUT2D eigenvalue weighted by molar-refractivity contribution is 6.06. The van der Waals surface area contributed by atoms with Crippen molar-refractivity contribution in [2.75, 3.05) is 18.6 Å². The summed E-state index contributed by atoms with van der Waals surface area (Å²) in [6.07, 6.45) is 1.98. The summed E-state index contributed by atoms with van der Waals surface area (Å²) in [6, 6.07) is 5.00. The topological polar surface area (TPSA) is 58.6 Å². The molecule has 1 aliphatic heterocycles. The highest BCUT2D eigenvalue weighted by Crippen LogP contribution is 2.30. The Labute approximate surface area is 105 Å². The number of carbonyl (C=O) groups excluding carboxylic acids is 2. The van der Waals surface area contributed by atoms with Crippen LogP contribution < -0.4 is 15.0 Å². The summed E-state index contributed by atoms with van der Waals surface area (Å²) in [7, 11) is 1.54. The van der Waals surface area contributed by atoms with Gasteiger partial charge in [0.15, 0.2) is 0 Å². The molecule has 5 heteroatoms. The average molecular weight is 246 g/mol. The van der Waals surface area contributed by atoms with Crippen LogP contribution in [0.5, 0.6) is 5.75 Å². The van der Waals surface area contributed by atoms with Gasteiger partial charge < -0.3 is 4.74 Å². The summed E-state index contributed by atoms with van der Waals surface area (Å²) in [4.78, 5) is 24.4. The normalized spacial score (nSPS) is 15.3. The molecule has 94 valence electrons. The van der Waals surface area contributed by atoms with E-state index >= 15 is 0 Å². The summed E-state index contributed by atoms with van der Waals surface area (Å²) < 4.78 is 5.23. The third-order valence-corrected chi connectivity index (χ3v) is 2.78. The van der Waals surface area contributed by atoms with Gasteiger partial charge in [-0.05, 0) is 17.7 Å². The van der Waals surface area contributed by atoms with E-state index in [4.69, 9.17) is 4.74 Å². The van der Waals surface area contributed by atoms with Crippen LogP contribution in [0, 0.1) is 0 Å². The monoisotopic (exact) mass is 246 g/mol. The second-order valence-corrected chi connectivity index (χ2v) is 3.89. The Morgan fingerprint density at radius 3 is 2.83 bits per heavy atom. The molecule has 0 aliphatic carbocycles. The molecule has 1 saturated heterocycles. The van der Waals surface area contributed by atoms with Crippen LogP contribution in [0.3, 0.4) is 0 Å². The molecule has 0 atom stereocenters. The van der Waals surface area contributed by atoms with Crippen LogP contribution in [0.2, 0.25) is 0 Å². The number of methoxy groups -OCH3 is 1. The van der Waals surface area contributed by atoms with Crippen LogP contribution in [-0.4, -0.2) is 25.6 Å². The highest BCUT2D eigenvalue weighted by Gasteiger charge is 2.26. The summed E-state index contributed by atoms with van der Waals surface area (Å²) >= 11 is 0. The molecule has 18 heavy (non-hydrogen) atoms. The van der Waals surface area contributed by atoms with Gasteiger partial charge in [-0.15, -0.1) is 0 Å². The first-order chi connectivity index (χ1) is 8.65. The van der Waals surface area contributed by atoms with E-state index in [1.54, 1.807) is 25.3 Å². The molecule has 2 rings (SSSR count). The van der Waals surface area contributed by atoms with Gasteiger partial charge in [-0.2, -0.15) is 0 Å². The van der Waals surface area contributed by atoms with Crippen molar-refractivity contribution in [3.63, 3.8) is 0 Å². The fraction of sp³-hybridized carbons (Fsp3) is 0.231. The van der Waals surface area contributed by atoms with Crippen molar-refractivity contribution >= 4 is 23.7 Å². The van der Waals surface area contributed by atoms with Crippen molar-refractivity contribution in [1.82, 2.24) is 5.32 Å². The van der Waals surface area contributed by atoms with Crippen LogP contribution in [0.25, 0.3) is 6.08 Å². The molecule has 0 aromatic heterocycles. The molecule has 5 nitrogen and oxygen atoms in total. The molecule has 1 fully saturated rings. The molecule has 3 amide bonds. The maximum Gasteiger partial charge on any atom is 0.328 e. The lowest BCUT2D eigenvalue weighted by Crippen LogP contribution is -2.49. The van der Waals surface area contributed by atoms with Crippen LogP contribution >= 0.6 is 0 Å². The van der Waals surface area contributed by atoms with E-state index in [1.165, 1.54) is 4.90 Å². The Kier molecular flexibility index (Phi) is 3.32.